The summed E-state index contributed by atoms with van der Waals surface area (Å²) < 4.78 is 0. The van der Waals surface area contributed by atoms with Crippen LogP contribution in [-0.4, -0.2) is 25.1 Å². The van der Waals surface area contributed by atoms with Crippen molar-refractivity contribution in [3.8, 4) is 22.5 Å². The number of para-hydroxylation sites is 2. The molecule has 5 nitrogen and oxygen atoms in total. The molecule has 1 atom stereocenters. The van der Waals surface area contributed by atoms with Crippen LogP contribution >= 0.6 is 11.8 Å². The van der Waals surface area contributed by atoms with Gasteiger partial charge in [-0.15, -0.1) is 10.2 Å². The van der Waals surface area contributed by atoms with Gasteiger partial charge in [-0.2, -0.15) is 0 Å². The molecule has 0 saturated heterocycles. The highest BCUT2D eigenvalue weighted by molar-refractivity contribution is 7.99. The minimum Gasteiger partial charge on any atom is -0.341 e. The summed E-state index contributed by atoms with van der Waals surface area (Å²) in [6.07, 6.45) is 0. The van der Waals surface area contributed by atoms with Crippen molar-refractivity contribution < 1.29 is 0 Å². The van der Waals surface area contributed by atoms with E-state index in [9.17, 15) is 0 Å². The van der Waals surface area contributed by atoms with Gasteiger partial charge in [-0.25, -0.2) is 9.97 Å². The molecule has 1 N–H and O–H groups in total. The number of H-pyrrole nitrogens is 1. The van der Waals surface area contributed by atoms with Gasteiger partial charge in [-0.1, -0.05) is 84.6 Å². The molecule has 146 valence electrons. The second-order valence-corrected chi connectivity index (χ2v) is 8.23. The zero-order valence-electron chi connectivity index (χ0n) is 16.4. The van der Waals surface area contributed by atoms with E-state index in [0.717, 1.165) is 39.4 Å². The third kappa shape index (κ3) is 3.69. The molecular formula is C24H19N5S. The summed E-state index contributed by atoms with van der Waals surface area (Å²) in [7, 11) is 0. The molecule has 0 aliphatic rings. The topological polar surface area (TPSA) is 67.3 Å². The van der Waals surface area contributed by atoms with Gasteiger partial charge in [-0.3, -0.25) is 0 Å². The molecular weight excluding hydrogens is 390 g/mol. The lowest BCUT2D eigenvalue weighted by Crippen LogP contribution is -2.01. The Morgan fingerprint density at radius 1 is 0.700 bits per heavy atom. The third-order valence-electron chi connectivity index (χ3n) is 4.84. The smallest absolute Gasteiger partial charge is 0.210 e. The Morgan fingerprint density at radius 2 is 1.33 bits per heavy atom. The van der Waals surface area contributed by atoms with Crippen LogP contribution in [0.2, 0.25) is 0 Å². The predicted octanol–water partition coefficient (Wildman–Crippen LogP) is 5.94. The van der Waals surface area contributed by atoms with Crippen molar-refractivity contribution in [3.05, 3.63) is 90.8 Å². The van der Waals surface area contributed by atoms with Crippen LogP contribution in [0.5, 0.6) is 0 Å². The minimum atomic E-state index is 0.0606. The number of hydrogen-bond acceptors (Lipinski definition) is 5. The largest absolute Gasteiger partial charge is 0.341 e. The lowest BCUT2D eigenvalue weighted by atomic mass is 10.0. The van der Waals surface area contributed by atoms with Crippen LogP contribution in [0.25, 0.3) is 33.5 Å². The molecule has 0 aliphatic heterocycles. The molecule has 6 heteroatoms. The third-order valence-corrected chi connectivity index (χ3v) is 5.80. The molecule has 2 heterocycles. The number of imidazole rings is 1. The molecule has 0 fully saturated rings. The average Bonchev–Trinajstić information content (AvgIpc) is 3.25. The molecule has 0 bridgehead atoms. The van der Waals surface area contributed by atoms with Crippen molar-refractivity contribution in [3.63, 3.8) is 0 Å². The minimum absolute atomic E-state index is 0.0606. The molecule has 0 aliphatic carbocycles. The number of aromatic amines is 1. The number of hydrogen-bond donors (Lipinski definition) is 1. The maximum Gasteiger partial charge on any atom is 0.210 e. The Balaban J connectivity index is 1.51. The summed E-state index contributed by atoms with van der Waals surface area (Å²) in [5.74, 6) is 0.901. The van der Waals surface area contributed by atoms with Crippen molar-refractivity contribution in [2.45, 2.75) is 17.3 Å². The number of aromatic nitrogens is 5. The first-order valence-electron chi connectivity index (χ1n) is 9.75. The summed E-state index contributed by atoms with van der Waals surface area (Å²) in [5.41, 5.74) is 5.62. The molecule has 0 spiro atoms. The standard InChI is InChI=1S/C24H19N5S/c1-16(23-25-19-14-8-9-15-20(19)26-23)30-24-27-21(17-10-4-2-5-11-17)22(28-29-24)18-12-6-3-7-13-18/h2-16H,1H3,(H,25,26). The molecule has 30 heavy (non-hydrogen) atoms. The van der Waals surface area contributed by atoms with Crippen LogP contribution < -0.4 is 0 Å². The van der Waals surface area contributed by atoms with Gasteiger partial charge in [0, 0.05) is 11.1 Å². The zero-order valence-corrected chi connectivity index (χ0v) is 17.2. The molecule has 1 unspecified atom stereocenters. The van der Waals surface area contributed by atoms with E-state index >= 15 is 0 Å². The Labute approximate surface area is 178 Å². The van der Waals surface area contributed by atoms with Crippen molar-refractivity contribution in [1.29, 1.82) is 0 Å². The number of rotatable bonds is 5. The van der Waals surface area contributed by atoms with Crippen LogP contribution in [0.15, 0.2) is 90.1 Å². The molecule has 0 radical (unpaired) electrons. The fourth-order valence-electron chi connectivity index (χ4n) is 3.33. The van der Waals surface area contributed by atoms with Crippen LogP contribution in [0.3, 0.4) is 0 Å². The maximum atomic E-state index is 4.89. The molecule has 3 aromatic carbocycles. The molecule has 5 rings (SSSR count). The second-order valence-electron chi connectivity index (χ2n) is 6.92. The van der Waals surface area contributed by atoms with Crippen LogP contribution in [-0.2, 0) is 0 Å². The van der Waals surface area contributed by atoms with E-state index in [1.54, 1.807) is 11.8 Å². The summed E-state index contributed by atoms with van der Waals surface area (Å²) in [6, 6.07) is 28.2. The van der Waals surface area contributed by atoms with E-state index in [2.05, 4.69) is 22.1 Å². The number of fused-ring (bicyclic) bond motifs is 1. The molecule has 0 amide bonds. The quantitative estimate of drug-likeness (QED) is 0.364. The number of benzene rings is 3. The lowest BCUT2D eigenvalue weighted by Gasteiger charge is -2.11. The fraction of sp³-hybridized carbons (Fsp3) is 0.0833. The van der Waals surface area contributed by atoms with Crippen molar-refractivity contribution in [2.24, 2.45) is 0 Å². The summed E-state index contributed by atoms with van der Waals surface area (Å²) in [6.45, 7) is 2.10. The average molecular weight is 410 g/mol. The van der Waals surface area contributed by atoms with E-state index in [0.29, 0.717) is 5.16 Å². The van der Waals surface area contributed by atoms with E-state index in [4.69, 9.17) is 9.97 Å². The summed E-state index contributed by atoms with van der Waals surface area (Å²) >= 11 is 1.55. The first-order valence-corrected chi connectivity index (χ1v) is 10.6. The Hall–Kier alpha value is -3.51. The van der Waals surface area contributed by atoms with Gasteiger partial charge in [-0.05, 0) is 19.1 Å². The van der Waals surface area contributed by atoms with Gasteiger partial charge in [0.25, 0.3) is 0 Å². The van der Waals surface area contributed by atoms with Gasteiger partial charge in [0.2, 0.25) is 5.16 Å². The highest BCUT2D eigenvalue weighted by Crippen LogP contribution is 2.35. The Morgan fingerprint density at radius 3 is 2.03 bits per heavy atom. The van der Waals surface area contributed by atoms with E-state index in [-0.39, 0.29) is 5.25 Å². The highest BCUT2D eigenvalue weighted by Gasteiger charge is 2.18. The molecule has 5 aromatic rings. The van der Waals surface area contributed by atoms with Gasteiger partial charge in [0.1, 0.15) is 17.2 Å². The predicted molar refractivity (Wildman–Crippen MR) is 121 cm³/mol. The van der Waals surface area contributed by atoms with Crippen molar-refractivity contribution >= 4 is 22.8 Å². The van der Waals surface area contributed by atoms with Crippen LogP contribution in [0.1, 0.15) is 18.0 Å². The van der Waals surface area contributed by atoms with E-state index < -0.39 is 0 Å². The van der Waals surface area contributed by atoms with Crippen LogP contribution in [0.4, 0.5) is 0 Å². The first kappa shape index (κ1) is 18.5. The van der Waals surface area contributed by atoms with E-state index in [1.165, 1.54) is 0 Å². The molecule has 2 aromatic heterocycles. The first-order chi connectivity index (χ1) is 14.8. The second kappa shape index (κ2) is 8.08. The summed E-state index contributed by atoms with van der Waals surface area (Å²) in [5, 5.41) is 9.66. The number of thioether (sulfide) groups is 1. The zero-order chi connectivity index (χ0) is 20.3. The number of nitrogens with one attached hydrogen (secondary N) is 1. The van der Waals surface area contributed by atoms with Gasteiger partial charge in [0.15, 0.2) is 0 Å². The van der Waals surface area contributed by atoms with Crippen molar-refractivity contribution in [2.75, 3.05) is 0 Å². The van der Waals surface area contributed by atoms with E-state index in [1.807, 2.05) is 84.9 Å². The van der Waals surface area contributed by atoms with Gasteiger partial charge < -0.3 is 4.98 Å². The number of nitrogens with zero attached hydrogens (tertiary/aromatic N) is 4. The normalized spacial score (nSPS) is 12.2. The van der Waals surface area contributed by atoms with Gasteiger partial charge >= 0.3 is 0 Å². The Bertz CT molecular complexity index is 1250. The Kier molecular flexibility index (Phi) is 4.99. The van der Waals surface area contributed by atoms with Crippen molar-refractivity contribution in [1.82, 2.24) is 25.1 Å². The van der Waals surface area contributed by atoms with Crippen LogP contribution in [0, 0.1) is 0 Å². The SMILES string of the molecule is CC(Sc1nnc(-c2ccccc2)c(-c2ccccc2)n1)c1nc2ccccc2[nH]1. The van der Waals surface area contributed by atoms with Gasteiger partial charge in [0.05, 0.1) is 16.3 Å². The highest BCUT2D eigenvalue weighted by atomic mass is 32.2. The fourth-order valence-corrected chi connectivity index (χ4v) is 4.10. The lowest BCUT2D eigenvalue weighted by molar-refractivity contribution is 0.840. The monoisotopic (exact) mass is 409 g/mol. The molecule has 0 saturated carbocycles. The maximum absolute atomic E-state index is 4.89. The summed E-state index contributed by atoms with van der Waals surface area (Å²) in [4.78, 5) is 13.0.